The van der Waals surface area contributed by atoms with Crippen LogP contribution in [0.25, 0.3) is 0 Å². The zero-order valence-electron chi connectivity index (χ0n) is 11.6. The lowest BCUT2D eigenvalue weighted by atomic mass is 10.1. The van der Waals surface area contributed by atoms with E-state index in [0.717, 1.165) is 13.0 Å². The molecular weight excluding hydrogens is 224 g/mol. The van der Waals surface area contributed by atoms with Crippen LogP contribution in [0.5, 0.6) is 0 Å². The topological polar surface area (TPSA) is 35.5 Å². The van der Waals surface area contributed by atoms with Crippen molar-refractivity contribution in [3.8, 4) is 0 Å². The minimum absolute atomic E-state index is 0.405. The summed E-state index contributed by atoms with van der Waals surface area (Å²) in [5.74, 6) is 0. The molecule has 0 spiro atoms. The number of nitrogens with one attached hydrogen (secondary N) is 1. The number of anilines is 1. The highest BCUT2D eigenvalue weighted by Gasteiger charge is 2.27. The molecule has 1 aliphatic rings. The monoisotopic (exact) mass is 248 g/mol. The van der Waals surface area contributed by atoms with Gasteiger partial charge in [0, 0.05) is 31.4 Å². The third-order valence-corrected chi connectivity index (χ3v) is 3.41. The van der Waals surface area contributed by atoms with Gasteiger partial charge in [0.25, 0.3) is 0 Å². The molecule has 1 unspecified atom stereocenters. The van der Waals surface area contributed by atoms with Crippen molar-refractivity contribution in [3.05, 3.63) is 29.8 Å². The van der Waals surface area contributed by atoms with E-state index in [1.807, 2.05) is 6.92 Å². The van der Waals surface area contributed by atoms with Crippen molar-refractivity contribution in [2.75, 3.05) is 24.5 Å². The molecule has 1 heterocycles. The first-order valence-corrected chi connectivity index (χ1v) is 6.76. The second kappa shape index (κ2) is 5.29. The summed E-state index contributed by atoms with van der Waals surface area (Å²) in [4.78, 5) is 2.29. The maximum absolute atomic E-state index is 10.4. The molecule has 18 heavy (non-hydrogen) atoms. The van der Waals surface area contributed by atoms with Crippen LogP contribution in [-0.4, -0.2) is 36.4 Å². The first-order valence-electron chi connectivity index (χ1n) is 6.76. The summed E-state index contributed by atoms with van der Waals surface area (Å²) in [5.41, 5.74) is 1.98. The Labute approximate surface area is 110 Å². The van der Waals surface area contributed by atoms with Crippen LogP contribution in [0.15, 0.2) is 24.3 Å². The quantitative estimate of drug-likeness (QED) is 0.834. The average molecular weight is 248 g/mol. The standard InChI is InChI=1S/C15H24N2O/c1-12(2)16-10-15(3,18)11-17-9-8-13-6-4-5-7-14(13)17/h4-7,12,16,18H,8-11H2,1-3H3. The molecule has 1 aromatic rings. The van der Waals surface area contributed by atoms with Gasteiger partial charge in [-0.2, -0.15) is 0 Å². The molecular formula is C15H24N2O. The van der Waals surface area contributed by atoms with Gasteiger partial charge in [-0.15, -0.1) is 0 Å². The fourth-order valence-electron chi connectivity index (χ4n) is 2.46. The van der Waals surface area contributed by atoms with Gasteiger partial charge in [0.05, 0.1) is 5.60 Å². The van der Waals surface area contributed by atoms with E-state index in [1.54, 1.807) is 0 Å². The number of benzene rings is 1. The molecule has 3 nitrogen and oxygen atoms in total. The van der Waals surface area contributed by atoms with Crippen LogP contribution in [0.3, 0.4) is 0 Å². The Balaban J connectivity index is 1.98. The van der Waals surface area contributed by atoms with E-state index in [1.165, 1.54) is 11.3 Å². The molecule has 0 amide bonds. The molecule has 2 N–H and O–H groups in total. The van der Waals surface area contributed by atoms with Crippen LogP contribution in [-0.2, 0) is 6.42 Å². The molecule has 0 saturated carbocycles. The van der Waals surface area contributed by atoms with Gasteiger partial charge in [-0.1, -0.05) is 32.0 Å². The summed E-state index contributed by atoms with van der Waals surface area (Å²) in [6.07, 6.45) is 1.09. The molecule has 100 valence electrons. The summed E-state index contributed by atoms with van der Waals surface area (Å²) in [6, 6.07) is 8.88. The van der Waals surface area contributed by atoms with E-state index in [0.29, 0.717) is 19.1 Å². The van der Waals surface area contributed by atoms with Gasteiger partial charge < -0.3 is 15.3 Å². The predicted molar refractivity (Wildman–Crippen MR) is 76.1 cm³/mol. The zero-order valence-corrected chi connectivity index (χ0v) is 11.6. The lowest BCUT2D eigenvalue weighted by molar-refractivity contribution is 0.0649. The van der Waals surface area contributed by atoms with Crippen molar-refractivity contribution in [3.63, 3.8) is 0 Å². The minimum atomic E-state index is -0.693. The number of hydrogen-bond donors (Lipinski definition) is 2. The van der Waals surface area contributed by atoms with E-state index in [2.05, 4.69) is 48.3 Å². The van der Waals surface area contributed by atoms with Crippen molar-refractivity contribution < 1.29 is 5.11 Å². The van der Waals surface area contributed by atoms with E-state index in [4.69, 9.17) is 0 Å². The Bertz CT molecular complexity index is 401. The Morgan fingerprint density at radius 1 is 1.39 bits per heavy atom. The number of para-hydroxylation sites is 1. The van der Waals surface area contributed by atoms with Crippen LogP contribution in [0.2, 0.25) is 0 Å². The van der Waals surface area contributed by atoms with E-state index < -0.39 is 5.60 Å². The number of rotatable bonds is 5. The Kier molecular flexibility index (Phi) is 3.93. The lowest BCUT2D eigenvalue weighted by Crippen LogP contribution is -2.48. The van der Waals surface area contributed by atoms with Gasteiger partial charge in [0.1, 0.15) is 0 Å². The smallest absolute Gasteiger partial charge is 0.0917 e. The van der Waals surface area contributed by atoms with Crippen LogP contribution >= 0.6 is 0 Å². The molecule has 3 heteroatoms. The van der Waals surface area contributed by atoms with Gasteiger partial charge in [0.15, 0.2) is 0 Å². The second-order valence-electron chi connectivity index (χ2n) is 5.83. The molecule has 1 atom stereocenters. The van der Waals surface area contributed by atoms with Crippen LogP contribution in [0.4, 0.5) is 5.69 Å². The van der Waals surface area contributed by atoms with Gasteiger partial charge in [-0.05, 0) is 25.0 Å². The highest BCUT2D eigenvalue weighted by molar-refractivity contribution is 5.58. The van der Waals surface area contributed by atoms with E-state index >= 15 is 0 Å². The fourth-order valence-corrected chi connectivity index (χ4v) is 2.46. The largest absolute Gasteiger partial charge is 0.387 e. The van der Waals surface area contributed by atoms with Gasteiger partial charge in [0.2, 0.25) is 0 Å². The minimum Gasteiger partial charge on any atom is -0.387 e. The van der Waals surface area contributed by atoms with Crippen LogP contribution in [0.1, 0.15) is 26.3 Å². The SMILES string of the molecule is CC(C)NCC(C)(O)CN1CCc2ccccc21. The first kappa shape index (κ1) is 13.4. The molecule has 0 aliphatic carbocycles. The van der Waals surface area contributed by atoms with Crippen molar-refractivity contribution in [1.82, 2.24) is 5.32 Å². The third-order valence-electron chi connectivity index (χ3n) is 3.41. The molecule has 1 aromatic carbocycles. The number of fused-ring (bicyclic) bond motifs is 1. The van der Waals surface area contributed by atoms with Crippen molar-refractivity contribution in [1.29, 1.82) is 0 Å². The molecule has 2 rings (SSSR count). The average Bonchev–Trinajstić information content (AvgIpc) is 2.70. The number of nitrogens with zero attached hydrogens (tertiary/aromatic N) is 1. The second-order valence-corrected chi connectivity index (χ2v) is 5.83. The molecule has 0 bridgehead atoms. The summed E-state index contributed by atoms with van der Waals surface area (Å²) in [5, 5.41) is 13.8. The van der Waals surface area contributed by atoms with Crippen molar-refractivity contribution >= 4 is 5.69 Å². The zero-order chi connectivity index (χ0) is 13.2. The molecule has 1 aliphatic heterocycles. The van der Waals surface area contributed by atoms with E-state index in [-0.39, 0.29) is 0 Å². The van der Waals surface area contributed by atoms with Crippen molar-refractivity contribution in [2.45, 2.75) is 38.8 Å². The number of aliphatic hydroxyl groups is 1. The normalized spacial score (nSPS) is 17.9. The summed E-state index contributed by atoms with van der Waals surface area (Å²) in [6.45, 7) is 8.43. The van der Waals surface area contributed by atoms with Crippen LogP contribution in [0, 0.1) is 0 Å². The van der Waals surface area contributed by atoms with E-state index in [9.17, 15) is 5.11 Å². The van der Waals surface area contributed by atoms with Crippen molar-refractivity contribution in [2.24, 2.45) is 0 Å². The van der Waals surface area contributed by atoms with Gasteiger partial charge in [-0.3, -0.25) is 0 Å². The Morgan fingerprint density at radius 3 is 2.83 bits per heavy atom. The first-order chi connectivity index (χ1) is 8.48. The molecule has 0 fully saturated rings. The third kappa shape index (κ3) is 3.24. The Morgan fingerprint density at radius 2 is 2.11 bits per heavy atom. The Hall–Kier alpha value is -1.06. The summed E-state index contributed by atoms with van der Waals surface area (Å²) < 4.78 is 0. The molecule has 0 radical (unpaired) electrons. The summed E-state index contributed by atoms with van der Waals surface area (Å²) >= 11 is 0. The van der Waals surface area contributed by atoms with Gasteiger partial charge in [-0.25, -0.2) is 0 Å². The maximum atomic E-state index is 10.4. The molecule has 0 saturated heterocycles. The fraction of sp³-hybridized carbons (Fsp3) is 0.600. The number of hydrogen-bond acceptors (Lipinski definition) is 3. The lowest BCUT2D eigenvalue weighted by Gasteiger charge is -2.31. The van der Waals surface area contributed by atoms with Gasteiger partial charge >= 0.3 is 0 Å². The maximum Gasteiger partial charge on any atom is 0.0917 e. The number of β-amino-alcohol motifs (C(OH)–C–C–N with tert-alkyl or cyclic N) is 1. The predicted octanol–water partition coefficient (Wildman–Crippen LogP) is 1.80. The van der Waals surface area contributed by atoms with Crippen LogP contribution < -0.4 is 10.2 Å². The summed E-state index contributed by atoms with van der Waals surface area (Å²) in [7, 11) is 0. The highest BCUT2D eigenvalue weighted by atomic mass is 16.3. The highest BCUT2D eigenvalue weighted by Crippen LogP contribution is 2.28. The molecule has 0 aromatic heterocycles.